The first-order chi connectivity index (χ1) is 16.6. The van der Waals surface area contributed by atoms with Crippen LogP contribution in [-0.4, -0.2) is 64.6 Å². The topological polar surface area (TPSA) is 74.6 Å². The van der Waals surface area contributed by atoms with Gasteiger partial charge in [0.2, 0.25) is 11.9 Å². The Bertz CT molecular complexity index is 1190. The van der Waals surface area contributed by atoms with Gasteiger partial charge in [-0.15, -0.1) is 0 Å². The van der Waals surface area contributed by atoms with E-state index >= 15 is 0 Å². The minimum Gasteiger partial charge on any atom is -0.368 e. The molecule has 1 unspecified atom stereocenters. The highest BCUT2D eigenvalue weighted by Gasteiger charge is 2.32. The third-order valence-electron chi connectivity index (χ3n) is 6.85. The summed E-state index contributed by atoms with van der Waals surface area (Å²) in [7, 11) is 1.75. The molecule has 8 heteroatoms. The number of rotatable bonds is 4. The van der Waals surface area contributed by atoms with E-state index in [-0.39, 0.29) is 17.4 Å². The maximum atomic E-state index is 13.4. The molecule has 0 spiro atoms. The van der Waals surface area contributed by atoms with Crippen LogP contribution in [0.3, 0.4) is 0 Å². The molecule has 8 nitrogen and oxygen atoms in total. The number of piperidine rings is 1. The van der Waals surface area contributed by atoms with Gasteiger partial charge in [-0.2, -0.15) is 0 Å². The summed E-state index contributed by atoms with van der Waals surface area (Å²) in [6.07, 6.45) is 5.16. The molecule has 0 N–H and O–H groups in total. The van der Waals surface area contributed by atoms with Crippen molar-refractivity contribution in [2.24, 2.45) is 13.0 Å². The van der Waals surface area contributed by atoms with Crippen LogP contribution in [0.25, 0.3) is 11.3 Å². The molecular weight excluding hydrogens is 428 g/mol. The average molecular weight is 459 g/mol. The van der Waals surface area contributed by atoms with Crippen molar-refractivity contribution in [2.75, 3.05) is 49.1 Å². The Morgan fingerprint density at radius 1 is 0.941 bits per heavy atom. The van der Waals surface area contributed by atoms with Gasteiger partial charge in [0, 0.05) is 76.0 Å². The first kappa shape index (κ1) is 22.1. The maximum Gasteiger partial charge on any atom is 0.255 e. The molecule has 2 aliphatic heterocycles. The van der Waals surface area contributed by atoms with E-state index in [0.29, 0.717) is 18.2 Å². The molecule has 1 amide bonds. The predicted molar refractivity (Wildman–Crippen MR) is 133 cm³/mol. The number of amides is 1. The van der Waals surface area contributed by atoms with Crippen LogP contribution < -0.4 is 15.4 Å². The van der Waals surface area contributed by atoms with Gasteiger partial charge in [-0.05, 0) is 37.1 Å². The Morgan fingerprint density at radius 3 is 2.41 bits per heavy atom. The van der Waals surface area contributed by atoms with Gasteiger partial charge >= 0.3 is 0 Å². The second kappa shape index (κ2) is 9.67. The van der Waals surface area contributed by atoms with Crippen molar-refractivity contribution < 1.29 is 4.79 Å². The lowest BCUT2D eigenvalue weighted by molar-refractivity contribution is -0.136. The number of carbonyl (C=O) groups is 1. The van der Waals surface area contributed by atoms with Crippen LogP contribution in [0.5, 0.6) is 0 Å². The van der Waals surface area contributed by atoms with E-state index in [4.69, 9.17) is 4.98 Å². The van der Waals surface area contributed by atoms with Gasteiger partial charge in [-0.25, -0.2) is 4.98 Å². The Balaban J connectivity index is 1.28. The Labute approximate surface area is 199 Å². The summed E-state index contributed by atoms with van der Waals surface area (Å²) in [6, 6.07) is 15.6. The van der Waals surface area contributed by atoms with Crippen molar-refractivity contribution in [1.82, 2.24) is 19.4 Å². The molecule has 0 bridgehead atoms. The molecule has 2 aromatic heterocycles. The fourth-order valence-corrected chi connectivity index (χ4v) is 4.92. The van der Waals surface area contributed by atoms with E-state index in [1.165, 1.54) is 5.69 Å². The number of carbonyl (C=O) groups excluding carboxylic acids is 1. The number of anilines is 2. The smallest absolute Gasteiger partial charge is 0.255 e. The third kappa shape index (κ3) is 4.53. The van der Waals surface area contributed by atoms with Gasteiger partial charge in [0.05, 0.1) is 11.6 Å². The average Bonchev–Trinajstić information content (AvgIpc) is 2.91. The molecular formula is C26H30N6O2. The van der Waals surface area contributed by atoms with Gasteiger partial charge in [-0.3, -0.25) is 19.1 Å². The lowest BCUT2D eigenvalue weighted by atomic mass is 9.96. The minimum atomic E-state index is -0.109. The van der Waals surface area contributed by atoms with Crippen molar-refractivity contribution in [3.05, 3.63) is 71.3 Å². The lowest BCUT2D eigenvalue weighted by Crippen LogP contribution is -2.53. The zero-order valence-corrected chi connectivity index (χ0v) is 19.5. The van der Waals surface area contributed by atoms with E-state index in [9.17, 15) is 9.59 Å². The molecule has 0 saturated carbocycles. The van der Waals surface area contributed by atoms with E-state index in [1.54, 1.807) is 30.1 Å². The standard InChI is InChI=1S/C26H30N6O2/c1-29-24(33)18-23(20-9-11-27-12-10-20)28-26(29)32-13-5-6-21(19-32)25(34)31-16-14-30(15-17-31)22-7-3-2-4-8-22/h2-4,7-12,18,21H,5-6,13-17,19H2,1H3. The van der Waals surface area contributed by atoms with Crippen molar-refractivity contribution in [2.45, 2.75) is 12.8 Å². The fourth-order valence-electron chi connectivity index (χ4n) is 4.92. The molecule has 1 atom stereocenters. The van der Waals surface area contributed by atoms with E-state index in [2.05, 4.69) is 39.0 Å². The van der Waals surface area contributed by atoms with Crippen LogP contribution in [0.2, 0.25) is 0 Å². The normalized spacial score (nSPS) is 18.7. The van der Waals surface area contributed by atoms with E-state index in [0.717, 1.165) is 51.1 Å². The molecule has 5 rings (SSSR count). The van der Waals surface area contributed by atoms with E-state index < -0.39 is 0 Å². The van der Waals surface area contributed by atoms with Crippen LogP contribution in [0.1, 0.15) is 12.8 Å². The molecule has 2 saturated heterocycles. The summed E-state index contributed by atoms with van der Waals surface area (Å²) in [6.45, 7) is 4.52. The van der Waals surface area contributed by atoms with Gasteiger partial charge in [0.25, 0.3) is 5.56 Å². The summed E-state index contributed by atoms with van der Waals surface area (Å²) in [5.74, 6) is 0.747. The highest BCUT2D eigenvalue weighted by Crippen LogP contribution is 2.25. The highest BCUT2D eigenvalue weighted by molar-refractivity contribution is 5.80. The van der Waals surface area contributed by atoms with Crippen molar-refractivity contribution in [3.63, 3.8) is 0 Å². The maximum absolute atomic E-state index is 13.4. The number of piperazine rings is 1. The number of benzene rings is 1. The second-order valence-electron chi connectivity index (χ2n) is 9.01. The molecule has 3 aromatic rings. The predicted octanol–water partition coefficient (Wildman–Crippen LogP) is 2.41. The zero-order chi connectivity index (χ0) is 23.5. The van der Waals surface area contributed by atoms with Crippen LogP contribution in [-0.2, 0) is 11.8 Å². The quantitative estimate of drug-likeness (QED) is 0.598. The third-order valence-corrected chi connectivity index (χ3v) is 6.85. The fraction of sp³-hybridized carbons (Fsp3) is 0.385. The largest absolute Gasteiger partial charge is 0.368 e. The van der Waals surface area contributed by atoms with Crippen molar-refractivity contribution in [3.8, 4) is 11.3 Å². The monoisotopic (exact) mass is 458 g/mol. The number of para-hydroxylation sites is 1. The molecule has 0 aliphatic carbocycles. The van der Waals surface area contributed by atoms with Crippen molar-refractivity contribution >= 4 is 17.5 Å². The molecule has 4 heterocycles. The molecule has 1 aromatic carbocycles. The summed E-state index contributed by atoms with van der Waals surface area (Å²) < 4.78 is 1.58. The first-order valence-electron chi connectivity index (χ1n) is 11.9. The molecule has 2 fully saturated rings. The number of aromatic nitrogens is 3. The molecule has 176 valence electrons. The Kier molecular flexibility index (Phi) is 6.29. The Morgan fingerprint density at radius 2 is 1.68 bits per heavy atom. The van der Waals surface area contributed by atoms with Gasteiger partial charge in [0.1, 0.15) is 0 Å². The van der Waals surface area contributed by atoms with Gasteiger partial charge in [0.15, 0.2) is 0 Å². The number of nitrogens with zero attached hydrogens (tertiary/aromatic N) is 6. The zero-order valence-electron chi connectivity index (χ0n) is 19.5. The first-order valence-corrected chi connectivity index (χ1v) is 11.9. The lowest BCUT2D eigenvalue weighted by Gasteiger charge is -2.40. The SMILES string of the molecule is Cn1c(N2CCCC(C(=O)N3CCN(c4ccccc4)CC3)C2)nc(-c2ccncc2)cc1=O. The summed E-state index contributed by atoms with van der Waals surface area (Å²) in [4.78, 5) is 41.4. The summed E-state index contributed by atoms with van der Waals surface area (Å²) >= 11 is 0. The van der Waals surface area contributed by atoms with Gasteiger partial charge < -0.3 is 14.7 Å². The number of hydrogen-bond acceptors (Lipinski definition) is 6. The molecule has 2 aliphatic rings. The van der Waals surface area contributed by atoms with Crippen LogP contribution >= 0.6 is 0 Å². The highest BCUT2D eigenvalue weighted by atomic mass is 16.2. The van der Waals surface area contributed by atoms with Crippen LogP contribution in [0, 0.1) is 5.92 Å². The second-order valence-corrected chi connectivity index (χ2v) is 9.01. The number of pyridine rings is 1. The minimum absolute atomic E-state index is 0.0847. The number of hydrogen-bond donors (Lipinski definition) is 0. The summed E-state index contributed by atoms with van der Waals surface area (Å²) in [5, 5.41) is 0. The molecule has 0 radical (unpaired) electrons. The molecule has 34 heavy (non-hydrogen) atoms. The van der Waals surface area contributed by atoms with Gasteiger partial charge in [-0.1, -0.05) is 18.2 Å². The summed E-state index contributed by atoms with van der Waals surface area (Å²) in [5.41, 5.74) is 2.59. The van der Waals surface area contributed by atoms with Crippen LogP contribution in [0.4, 0.5) is 11.6 Å². The van der Waals surface area contributed by atoms with Crippen molar-refractivity contribution in [1.29, 1.82) is 0 Å². The Hall–Kier alpha value is -3.68. The van der Waals surface area contributed by atoms with E-state index in [1.807, 2.05) is 23.1 Å². The van der Waals surface area contributed by atoms with Crippen LogP contribution in [0.15, 0.2) is 65.7 Å².